The minimum absolute atomic E-state index is 0.0141. The van der Waals surface area contributed by atoms with Crippen molar-refractivity contribution in [3.05, 3.63) is 11.6 Å². The third-order valence-electron chi connectivity index (χ3n) is 17.1. The lowest BCUT2D eigenvalue weighted by Gasteiger charge is -2.72. The highest BCUT2D eigenvalue weighted by Gasteiger charge is 2.69. The second kappa shape index (κ2) is 13.7. The average molecular weight is 767 g/mol. The first-order valence-electron chi connectivity index (χ1n) is 20.3. The van der Waals surface area contributed by atoms with Crippen LogP contribution in [0.2, 0.25) is 0 Å². The fraction of sp³-hybridized carbons (Fsp3) is 0.927. The first-order chi connectivity index (χ1) is 25.1. The summed E-state index contributed by atoms with van der Waals surface area (Å²) in [5.74, 6) is -0.851. The monoisotopic (exact) mass is 766 g/mol. The number of rotatable bonds is 7. The summed E-state index contributed by atoms with van der Waals surface area (Å²) in [6.45, 7) is 15.4. The molecule has 6 fully saturated rings. The van der Waals surface area contributed by atoms with Crippen LogP contribution in [0.4, 0.5) is 0 Å². The first-order valence-corrected chi connectivity index (χ1v) is 20.3. The molecule has 0 aromatic rings. The van der Waals surface area contributed by atoms with Crippen molar-refractivity contribution in [1.29, 1.82) is 0 Å². The maximum atomic E-state index is 12.1. The Bertz CT molecular complexity index is 1470. The Balaban J connectivity index is 1.17. The highest BCUT2D eigenvalue weighted by atomic mass is 16.8. The van der Waals surface area contributed by atoms with Gasteiger partial charge in [0, 0.05) is 10.8 Å². The van der Waals surface area contributed by atoms with Gasteiger partial charge < -0.3 is 59.8 Å². The van der Waals surface area contributed by atoms with E-state index in [1.54, 1.807) is 0 Å². The standard InChI is InChI=1S/C41H66O13/c1-36(2)16-21-20-8-9-24-38(4)12-11-26(39(5,19-43)23(38)10-13-41(24,7)40(20,6)15-14-37(21,3)25(44)17-36)52-35-32(29(47)28(46)31(53-35)33(49)50)54-34-30(48)27(45)22(18-42)51-34/h8,21-32,34-35,42-48H,9-19H2,1-7H3,(H,49,50)/t21-,22-,23+,24+,25-,26+,27-,28+,29+,30+,31+,32-,34-,35-,37-,38+,39-,40-,41-/m1/s1. The predicted octanol–water partition coefficient (Wildman–Crippen LogP) is 2.49. The van der Waals surface area contributed by atoms with E-state index in [1.165, 1.54) is 5.57 Å². The van der Waals surface area contributed by atoms with Crippen molar-refractivity contribution < 1.29 is 64.6 Å². The van der Waals surface area contributed by atoms with Crippen molar-refractivity contribution >= 4 is 5.97 Å². The molecule has 2 aliphatic heterocycles. The first kappa shape index (κ1) is 40.9. The van der Waals surface area contributed by atoms with Gasteiger partial charge in [-0.25, -0.2) is 4.79 Å². The zero-order chi connectivity index (χ0) is 39.6. The number of fused-ring (bicyclic) bond motifs is 7. The maximum Gasteiger partial charge on any atom is 0.335 e. The summed E-state index contributed by atoms with van der Waals surface area (Å²) in [6.07, 6.45) is -5.08. The Labute approximate surface area is 319 Å². The van der Waals surface area contributed by atoms with Crippen molar-refractivity contribution in [1.82, 2.24) is 0 Å². The molecule has 5 aliphatic carbocycles. The smallest absolute Gasteiger partial charge is 0.335 e. The predicted molar refractivity (Wildman–Crippen MR) is 193 cm³/mol. The van der Waals surface area contributed by atoms with Crippen LogP contribution in [0.25, 0.3) is 0 Å². The van der Waals surface area contributed by atoms with Crippen LogP contribution in [-0.4, -0.2) is 128 Å². The Morgan fingerprint density at radius 3 is 2.11 bits per heavy atom. The van der Waals surface area contributed by atoms with Crippen molar-refractivity contribution in [3.8, 4) is 0 Å². The van der Waals surface area contributed by atoms with E-state index in [0.717, 1.165) is 51.4 Å². The Morgan fingerprint density at radius 2 is 1.48 bits per heavy atom. The van der Waals surface area contributed by atoms with Gasteiger partial charge in [0.25, 0.3) is 0 Å². The molecular weight excluding hydrogens is 700 g/mol. The van der Waals surface area contributed by atoms with Crippen molar-refractivity contribution in [2.75, 3.05) is 13.2 Å². The summed E-state index contributed by atoms with van der Waals surface area (Å²) in [5.41, 5.74) is 0.420. The third kappa shape index (κ3) is 5.84. The van der Waals surface area contributed by atoms with Gasteiger partial charge in [0.15, 0.2) is 18.7 Å². The Hall–Kier alpha value is -1.23. The molecule has 0 amide bonds. The van der Waals surface area contributed by atoms with Gasteiger partial charge in [0.2, 0.25) is 0 Å². The molecule has 4 saturated carbocycles. The number of allylic oxidation sites excluding steroid dienone is 2. The Morgan fingerprint density at radius 1 is 0.778 bits per heavy atom. The lowest BCUT2D eigenvalue weighted by Crippen LogP contribution is -2.67. The molecule has 13 heteroatoms. The van der Waals surface area contributed by atoms with Gasteiger partial charge >= 0.3 is 5.97 Å². The molecule has 2 saturated heterocycles. The fourth-order valence-electron chi connectivity index (χ4n) is 13.5. The highest BCUT2D eigenvalue weighted by Crippen LogP contribution is 2.76. The van der Waals surface area contributed by atoms with E-state index in [2.05, 4.69) is 47.6 Å². The van der Waals surface area contributed by atoms with Gasteiger partial charge in [-0.2, -0.15) is 0 Å². The molecule has 0 radical (unpaired) electrons. The van der Waals surface area contributed by atoms with Gasteiger partial charge in [-0.1, -0.05) is 60.1 Å². The van der Waals surface area contributed by atoms with E-state index in [9.17, 15) is 45.6 Å². The number of carboxylic acid groups (broad SMARTS) is 1. The summed E-state index contributed by atoms with van der Waals surface area (Å²) < 4.78 is 23.8. The maximum absolute atomic E-state index is 12.1. The van der Waals surface area contributed by atoms with Gasteiger partial charge in [-0.3, -0.25) is 0 Å². The van der Waals surface area contributed by atoms with Crippen molar-refractivity contribution in [2.24, 2.45) is 50.2 Å². The van der Waals surface area contributed by atoms with E-state index >= 15 is 0 Å². The molecule has 308 valence electrons. The second-order valence-corrected chi connectivity index (χ2v) is 20.3. The average Bonchev–Trinajstić information content (AvgIpc) is 3.37. The molecule has 0 unspecified atom stereocenters. The summed E-state index contributed by atoms with van der Waals surface area (Å²) in [5, 5.41) is 85.2. The lowest BCUT2D eigenvalue weighted by molar-refractivity contribution is -0.353. The molecule has 2 heterocycles. The van der Waals surface area contributed by atoms with Crippen molar-refractivity contribution in [3.63, 3.8) is 0 Å². The van der Waals surface area contributed by atoms with Crippen LogP contribution in [0.15, 0.2) is 11.6 Å². The normalized spacial score (nSPS) is 55.5. The van der Waals surface area contributed by atoms with Crippen LogP contribution in [0, 0.1) is 50.2 Å². The number of aliphatic carboxylic acids is 1. The summed E-state index contributed by atoms with van der Waals surface area (Å²) in [7, 11) is 0. The minimum Gasteiger partial charge on any atom is -0.479 e. The van der Waals surface area contributed by atoms with Gasteiger partial charge in [0.05, 0.1) is 25.4 Å². The summed E-state index contributed by atoms with van der Waals surface area (Å²) in [6, 6.07) is 0. The van der Waals surface area contributed by atoms with Crippen molar-refractivity contribution in [2.45, 2.75) is 174 Å². The number of hydrogen-bond donors (Lipinski definition) is 8. The van der Waals surface area contributed by atoms with E-state index < -0.39 is 79.4 Å². The quantitative estimate of drug-likeness (QED) is 0.138. The number of aliphatic hydroxyl groups excluding tert-OH is 7. The number of carbonyl (C=O) groups is 1. The van der Waals surface area contributed by atoms with Gasteiger partial charge in [0.1, 0.15) is 36.6 Å². The molecule has 0 bridgehead atoms. The van der Waals surface area contributed by atoms with E-state index in [4.69, 9.17) is 18.9 Å². The molecule has 54 heavy (non-hydrogen) atoms. The number of hydrogen-bond acceptors (Lipinski definition) is 12. The zero-order valence-corrected chi connectivity index (χ0v) is 33.1. The zero-order valence-electron chi connectivity index (χ0n) is 33.1. The SMILES string of the molecule is CC1(C)C[C@@H](O)[C@]2(C)CC[C@]3(C)C(=CC[C@H]4[C@@]5(C)CC[C@H](O[C@@H]6O[C@H](C(=O)O)[C@@H](O)[C@H](O)[C@H]6O[C@H]6O[C@H](CO)[C@@H](O)[C@@H]6O)[C@](C)(CO)[C@H]5CC[C@]43C)[C@H]2C1. The topological polar surface area (TPSA) is 216 Å². The molecule has 0 aromatic heterocycles. The van der Waals surface area contributed by atoms with Crippen LogP contribution in [-0.2, 0) is 23.7 Å². The molecule has 19 atom stereocenters. The molecule has 7 aliphatic rings. The summed E-state index contributed by atoms with van der Waals surface area (Å²) >= 11 is 0. The van der Waals surface area contributed by atoms with Crippen LogP contribution in [0.1, 0.15) is 106 Å². The second-order valence-electron chi connectivity index (χ2n) is 20.3. The Kier molecular flexibility index (Phi) is 10.4. The van der Waals surface area contributed by atoms with E-state index in [1.807, 2.05) is 6.92 Å². The fourth-order valence-corrected chi connectivity index (χ4v) is 13.5. The molecular formula is C41H66O13. The highest BCUT2D eigenvalue weighted by molar-refractivity contribution is 5.73. The molecule has 8 N–H and O–H groups in total. The number of carboxylic acids is 1. The molecule has 0 spiro atoms. The third-order valence-corrected chi connectivity index (χ3v) is 17.1. The lowest BCUT2D eigenvalue weighted by atomic mass is 9.33. The van der Waals surface area contributed by atoms with Crippen LogP contribution < -0.4 is 0 Å². The van der Waals surface area contributed by atoms with E-state index in [0.29, 0.717) is 18.3 Å². The molecule has 0 aromatic carbocycles. The van der Waals surface area contributed by atoms with E-state index in [-0.39, 0.29) is 45.7 Å². The van der Waals surface area contributed by atoms with Crippen LogP contribution >= 0.6 is 0 Å². The molecule has 13 nitrogen and oxygen atoms in total. The summed E-state index contributed by atoms with van der Waals surface area (Å²) in [4.78, 5) is 12.1. The van der Waals surface area contributed by atoms with Gasteiger partial charge in [-0.05, 0) is 97.2 Å². The number of ether oxygens (including phenoxy) is 4. The minimum atomic E-state index is -1.91. The van der Waals surface area contributed by atoms with Crippen LogP contribution in [0.3, 0.4) is 0 Å². The molecule has 7 rings (SSSR count). The van der Waals surface area contributed by atoms with Gasteiger partial charge in [-0.15, -0.1) is 0 Å². The largest absolute Gasteiger partial charge is 0.479 e. The number of aliphatic hydroxyl groups is 7. The van der Waals surface area contributed by atoms with Crippen LogP contribution in [0.5, 0.6) is 0 Å².